The van der Waals surface area contributed by atoms with E-state index in [1.54, 1.807) is 36.4 Å². The maximum atomic E-state index is 12.8. The van der Waals surface area contributed by atoms with Gasteiger partial charge in [0.05, 0.1) is 11.4 Å². The van der Waals surface area contributed by atoms with Crippen molar-refractivity contribution in [1.82, 2.24) is 0 Å². The summed E-state index contributed by atoms with van der Waals surface area (Å²) in [6.07, 6.45) is -1.05. The average molecular weight is 410 g/mol. The quantitative estimate of drug-likeness (QED) is 0.765. The van der Waals surface area contributed by atoms with Crippen molar-refractivity contribution in [3.63, 3.8) is 0 Å². The van der Waals surface area contributed by atoms with Gasteiger partial charge in [0.1, 0.15) is 12.3 Å². The summed E-state index contributed by atoms with van der Waals surface area (Å²) < 4.78 is 10.7. The molecule has 1 unspecified atom stereocenters. The molecular formula is C23H26N2O5. The van der Waals surface area contributed by atoms with Crippen LogP contribution in [0, 0.1) is 0 Å². The monoisotopic (exact) mass is 410 g/mol. The van der Waals surface area contributed by atoms with Crippen LogP contribution in [0.5, 0.6) is 5.75 Å². The van der Waals surface area contributed by atoms with Gasteiger partial charge >= 0.3 is 5.97 Å². The van der Waals surface area contributed by atoms with Crippen LogP contribution in [0.15, 0.2) is 48.5 Å². The second-order valence-corrected chi connectivity index (χ2v) is 8.18. The third-order valence-electron chi connectivity index (χ3n) is 4.77. The zero-order valence-electron chi connectivity index (χ0n) is 17.6. The van der Waals surface area contributed by atoms with Crippen molar-refractivity contribution >= 4 is 29.2 Å². The van der Waals surface area contributed by atoms with Gasteiger partial charge in [0.25, 0.3) is 5.91 Å². The number of rotatable bonds is 5. The number of hydrogen-bond acceptors (Lipinski definition) is 5. The summed E-state index contributed by atoms with van der Waals surface area (Å²) in [5.41, 5.74) is 2.29. The summed E-state index contributed by atoms with van der Waals surface area (Å²) in [7, 11) is 0. The molecule has 1 atom stereocenters. The number of carbonyl (C=O) groups is 3. The number of para-hydroxylation sites is 2. The Kier molecular flexibility index (Phi) is 6.10. The Labute approximate surface area is 176 Å². The summed E-state index contributed by atoms with van der Waals surface area (Å²) in [5.74, 6) is -0.895. The largest absolute Gasteiger partial charge is 0.482 e. The van der Waals surface area contributed by atoms with Gasteiger partial charge in [-0.3, -0.25) is 14.5 Å². The fraction of sp³-hybridized carbons (Fsp3) is 0.348. The molecule has 0 fully saturated rings. The molecule has 3 rings (SSSR count). The number of fused-ring (bicyclic) bond motifs is 1. The van der Waals surface area contributed by atoms with Crippen molar-refractivity contribution in [3.8, 4) is 5.75 Å². The Hall–Kier alpha value is -3.35. The lowest BCUT2D eigenvalue weighted by Gasteiger charge is -2.30. The van der Waals surface area contributed by atoms with E-state index in [1.165, 1.54) is 11.8 Å². The Bertz CT molecular complexity index is 947. The van der Waals surface area contributed by atoms with Gasteiger partial charge in [-0.25, -0.2) is 4.79 Å². The lowest BCUT2D eigenvalue weighted by Crippen LogP contribution is -2.47. The van der Waals surface area contributed by atoms with Crippen LogP contribution in [0.25, 0.3) is 0 Å². The first-order chi connectivity index (χ1) is 14.1. The molecule has 0 bridgehead atoms. The van der Waals surface area contributed by atoms with Gasteiger partial charge in [-0.1, -0.05) is 45.0 Å². The zero-order chi connectivity index (χ0) is 21.9. The average Bonchev–Trinajstić information content (AvgIpc) is 2.70. The normalized spacial score (nSPS) is 14.4. The highest BCUT2D eigenvalue weighted by Crippen LogP contribution is 2.29. The minimum atomic E-state index is -1.05. The highest BCUT2D eigenvalue weighted by Gasteiger charge is 2.31. The fourth-order valence-electron chi connectivity index (χ4n) is 3.12. The smallest absolute Gasteiger partial charge is 0.344 e. The summed E-state index contributed by atoms with van der Waals surface area (Å²) in [6, 6.07) is 14.5. The number of anilines is 2. The molecule has 158 valence electrons. The van der Waals surface area contributed by atoms with Crippen LogP contribution < -0.4 is 15.0 Å². The summed E-state index contributed by atoms with van der Waals surface area (Å²) in [5, 5.41) is 2.72. The first-order valence-electron chi connectivity index (χ1n) is 9.78. The van der Waals surface area contributed by atoms with Gasteiger partial charge in [0.2, 0.25) is 5.91 Å². The predicted molar refractivity (Wildman–Crippen MR) is 114 cm³/mol. The molecule has 2 aromatic carbocycles. The molecule has 7 nitrogen and oxygen atoms in total. The van der Waals surface area contributed by atoms with Crippen LogP contribution in [-0.4, -0.2) is 37.0 Å². The molecule has 7 heteroatoms. The summed E-state index contributed by atoms with van der Waals surface area (Å²) in [4.78, 5) is 38.1. The van der Waals surface area contributed by atoms with Gasteiger partial charge in [0, 0.05) is 0 Å². The van der Waals surface area contributed by atoms with Gasteiger partial charge in [-0.2, -0.15) is 0 Å². The molecule has 1 heterocycles. The minimum absolute atomic E-state index is 0.0250. The topological polar surface area (TPSA) is 84.9 Å². The molecule has 2 aromatic rings. The van der Waals surface area contributed by atoms with Crippen molar-refractivity contribution in [1.29, 1.82) is 0 Å². The second-order valence-electron chi connectivity index (χ2n) is 8.18. The Morgan fingerprint density at radius 3 is 2.43 bits per heavy atom. The zero-order valence-corrected chi connectivity index (χ0v) is 17.6. The first-order valence-corrected chi connectivity index (χ1v) is 9.78. The molecule has 0 radical (unpaired) electrons. The minimum Gasteiger partial charge on any atom is -0.482 e. The van der Waals surface area contributed by atoms with Crippen molar-refractivity contribution < 1.29 is 23.9 Å². The van der Waals surface area contributed by atoms with Crippen LogP contribution in [-0.2, 0) is 24.5 Å². The van der Waals surface area contributed by atoms with E-state index in [4.69, 9.17) is 9.47 Å². The molecule has 2 amide bonds. The van der Waals surface area contributed by atoms with E-state index in [9.17, 15) is 14.4 Å². The maximum Gasteiger partial charge on any atom is 0.344 e. The molecule has 0 spiro atoms. The molecule has 0 aliphatic carbocycles. The summed E-state index contributed by atoms with van der Waals surface area (Å²) in [6.45, 7) is 7.38. The number of esters is 1. The third-order valence-corrected chi connectivity index (χ3v) is 4.77. The van der Waals surface area contributed by atoms with Crippen molar-refractivity contribution in [2.24, 2.45) is 0 Å². The van der Waals surface area contributed by atoms with E-state index in [0.717, 1.165) is 5.56 Å². The standard InChI is InChI=1S/C23H26N2O5/c1-15(22(28)25-13-20(26)24-18-7-5-6-8-19(18)25)30-21(27)14-29-17-11-9-16(10-12-17)23(2,3)4/h5-12,15H,13-14H2,1-4H3,(H,24,26). The number of amides is 2. The van der Waals surface area contributed by atoms with E-state index in [-0.39, 0.29) is 24.5 Å². The van der Waals surface area contributed by atoms with E-state index in [0.29, 0.717) is 17.1 Å². The SMILES string of the molecule is CC(OC(=O)COc1ccc(C(C)(C)C)cc1)C(=O)N1CC(=O)Nc2ccccc21. The van der Waals surface area contributed by atoms with Crippen LogP contribution in [0.4, 0.5) is 11.4 Å². The van der Waals surface area contributed by atoms with Crippen LogP contribution >= 0.6 is 0 Å². The van der Waals surface area contributed by atoms with Gasteiger partial charge in [0.15, 0.2) is 12.7 Å². The molecule has 0 saturated carbocycles. The number of nitrogens with one attached hydrogen (secondary N) is 1. The number of nitrogens with zero attached hydrogens (tertiary/aromatic N) is 1. The fourth-order valence-corrected chi connectivity index (χ4v) is 3.12. The van der Waals surface area contributed by atoms with Crippen LogP contribution in [0.1, 0.15) is 33.3 Å². The molecular weight excluding hydrogens is 384 g/mol. The second kappa shape index (κ2) is 8.57. The van der Waals surface area contributed by atoms with Crippen molar-refractivity contribution in [2.45, 2.75) is 39.2 Å². The van der Waals surface area contributed by atoms with Gasteiger partial charge in [-0.05, 0) is 42.2 Å². The third kappa shape index (κ3) is 4.97. The molecule has 1 aliphatic heterocycles. The van der Waals surface area contributed by atoms with E-state index >= 15 is 0 Å². The predicted octanol–water partition coefficient (Wildman–Crippen LogP) is 3.28. The highest BCUT2D eigenvalue weighted by atomic mass is 16.6. The van der Waals surface area contributed by atoms with Gasteiger partial charge in [-0.15, -0.1) is 0 Å². The number of benzene rings is 2. The molecule has 1 N–H and O–H groups in total. The van der Waals surface area contributed by atoms with Gasteiger partial charge < -0.3 is 14.8 Å². The van der Waals surface area contributed by atoms with Crippen molar-refractivity contribution in [3.05, 3.63) is 54.1 Å². The highest BCUT2D eigenvalue weighted by molar-refractivity contribution is 6.11. The van der Waals surface area contributed by atoms with Crippen LogP contribution in [0.2, 0.25) is 0 Å². The maximum absolute atomic E-state index is 12.8. The molecule has 0 aromatic heterocycles. The number of carbonyl (C=O) groups excluding carboxylic acids is 3. The van der Waals surface area contributed by atoms with Crippen molar-refractivity contribution in [2.75, 3.05) is 23.4 Å². The number of ether oxygens (including phenoxy) is 2. The molecule has 1 aliphatic rings. The Morgan fingerprint density at radius 1 is 1.10 bits per heavy atom. The van der Waals surface area contributed by atoms with E-state index in [2.05, 4.69) is 26.1 Å². The Morgan fingerprint density at radius 2 is 1.77 bits per heavy atom. The van der Waals surface area contributed by atoms with E-state index in [1.807, 2.05) is 12.1 Å². The lowest BCUT2D eigenvalue weighted by atomic mass is 9.87. The Balaban J connectivity index is 1.57. The molecule has 0 saturated heterocycles. The lowest BCUT2D eigenvalue weighted by molar-refractivity contribution is -0.155. The molecule has 30 heavy (non-hydrogen) atoms. The number of hydrogen-bond donors (Lipinski definition) is 1. The van der Waals surface area contributed by atoms with E-state index < -0.39 is 18.0 Å². The van der Waals surface area contributed by atoms with Crippen LogP contribution in [0.3, 0.4) is 0 Å². The summed E-state index contributed by atoms with van der Waals surface area (Å²) >= 11 is 0. The first kappa shape index (κ1) is 21.4.